The van der Waals surface area contributed by atoms with Gasteiger partial charge in [0.15, 0.2) is 0 Å². The molecule has 0 aromatic carbocycles. The van der Waals surface area contributed by atoms with Gasteiger partial charge in [0.25, 0.3) is 0 Å². The van der Waals surface area contributed by atoms with Gasteiger partial charge in [-0.2, -0.15) is 0 Å². The van der Waals surface area contributed by atoms with Crippen molar-refractivity contribution in [3.05, 3.63) is 35.6 Å². The van der Waals surface area contributed by atoms with Crippen LogP contribution in [0.25, 0.3) is 0 Å². The third kappa shape index (κ3) is 9.11. The molecule has 0 radical (unpaired) electrons. The summed E-state index contributed by atoms with van der Waals surface area (Å²) >= 11 is 0. The molecule has 0 fully saturated rings. The first kappa shape index (κ1) is 15.5. The van der Waals surface area contributed by atoms with Crippen LogP contribution in [0.5, 0.6) is 0 Å². The van der Waals surface area contributed by atoms with E-state index >= 15 is 0 Å². The highest BCUT2D eigenvalue weighted by atomic mass is 14.6. The average Bonchev–Trinajstić information content (AvgIpc) is 2.37. The van der Waals surface area contributed by atoms with Crippen molar-refractivity contribution in [1.29, 1.82) is 0 Å². The normalized spacial score (nSPS) is 13.5. The van der Waals surface area contributed by atoms with Crippen LogP contribution in [0.2, 0.25) is 0 Å². The highest BCUT2D eigenvalue weighted by Gasteiger charge is 1.90. The first-order valence-electron chi connectivity index (χ1n) is 5.51. The van der Waals surface area contributed by atoms with Crippen molar-refractivity contribution < 1.29 is 0 Å². The number of hydrogen-bond donors (Lipinski definition) is 1. The third-order valence-electron chi connectivity index (χ3n) is 1.39. The Bertz CT molecular complexity index is 177. The SMILES string of the molecule is CC.CC1=C(N)C=CCC=C1.CCC. The Hall–Kier alpha value is -0.980. The molecule has 1 heteroatoms. The molecule has 0 unspecified atom stereocenters. The van der Waals surface area contributed by atoms with Crippen molar-refractivity contribution in [1.82, 2.24) is 0 Å². The van der Waals surface area contributed by atoms with Crippen molar-refractivity contribution in [3.63, 3.8) is 0 Å². The number of rotatable bonds is 0. The van der Waals surface area contributed by atoms with Crippen LogP contribution >= 0.6 is 0 Å². The van der Waals surface area contributed by atoms with Gasteiger partial charge in [-0.25, -0.2) is 0 Å². The summed E-state index contributed by atoms with van der Waals surface area (Å²) in [6, 6.07) is 0. The number of hydrogen-bond acceptors (Lipinski definition) is 1. The Kier molecular flexibility index (Phi) is 13.3. The number of nitrogens with two attached hydrogens (primary N) is 1. The fourth-order valence-corrected chi connectivity index (χ4v) is 0.746. The summed E-state index contributed by atoms with van der Waals surface area (Å²) in [4.78, 5) is 0. The minimum atomic E-state index is 0.878. The molecule has 0 amide bonds. The second kappa shape index (κ2) is 12.0. The van der Waals surface area contributed by atoms with Gasteiger partial charge in [0.05, 0.1) is 0 Å². The Morgan fingerprint density at radius 1 is 1.14 bits per heavy atom. The van der Waals surface area contributed by atoms with E-state index in [9.17, 15) is 0 Å². The highest BCUT2D eigenvalue weighted by Crippen LogP contribution is 2.06. The lowest BCUT2D eigenvalue weighted by molar-refractivity contribution is 1.09. The first-order chi connectivity index (χ1) is 6.72. The predicted octanol–water partition coefficient (Wildman–Crippen LogP) is 4.18. The Morgan fingerprint density at radius 2 is 1.57 bits per heavy atom. The van der Waals surface area contributed by atoms with Gasteiger partial charge in [-0.1, -0.05) is 52.3 Å². The lowest BCUT2D eigenvalue weighted by Gasteiger charge is -1.92. The second-order valence-corrected chi connectivity index (χ2v) is 2.89. The molecule has 0 heterocycles. The number of allylic oxidation sites excluding steroid dienone is 5. The summed E-state index contributed by atoms with van der Waals surface area (Å²) in [6.45, 7) is 10.3. The van der Waals surface area contributed by atoms with Crippen LogP contribution in [0.15, 0.2) is 35.6 Å². The lowest BCUT2D eigenvalue weighted by atomic mass is 10.2. The van der Waals surface area contributed by atoms with E-state index in [2.05, 4.69) is 32.1 Å². The molecule has 1 rings (SSSR count). The zero-order chi connectivity index (χ0) is 11.4. The minimum Gasteiger partial charge on any atom is -0.399 e. The summed E-state index contributed by atoms with van der Waals surface area (Å²) in [5.41, 5.74) is 7.65. The summed E-state index contributed by atoms with van der Waals surface area (Å²) < 4.78 is 0. The van der Waals surface area contributed by atoms with Gasteiger partial charge in [-0.05, 0) is 25.0 Å². The maximum atomic E-state index is 5.62. The molecule has 0 bridgehead atoms. The van der Waals surface area contributed by atoms with Crippen LogP contribution < -0.4 is 5.73 Å². The average molecular weight is 195 g/mol. The molecule has 14 heavy (non-hydrogen) atoms. The van der Waals surface area contributed by atoms with Gasteiger partial charge in [-0.3, -0.25) is 0 Å². The van der Waals surface area contributed by atoms with Gasteiger partial charge < -0.3 is 5.73 Å². The van der Waals surface area contributed by atoms with Crippen LogP contribution in [0.1, 0.15) is 47.5 Å². The van der Waals surface area contributed by atoms with Gasteiger partial charge in [0.1, 0.15) is 0 Å². The van der Waals surface area contributed by atoms with Crippen LogP contribution in [0.4, 0.5) is 0 Å². The van der Waals surface area contributed by atoms with E-state index in [1.807, 2.05) is 26.8 Å². The maximum absolute atomic E-state index is 5.62. The van der Waals surface area contributed by atoms with E-state index in [-0.39, 0.29) is 0 Å². The maximum Gasteiger partial charge on any atom is 0.0340 e. The Labute approximate surface area is 89.4 Å². The minimum absolute atomic E-state index is 0.878. The van der Waals surface area contributed by atoms with Crippen LogP contribution in [0.3, 0.4) is 0 Å². The molecule has 0 saturated heterocycles. The zero-order valence-corrected chi connectivity index (χ0v) is 10.3. The summed E-state index contributed by atoms with van der Waals surface area (Å²) in [6.07, 6.45) is 10.4. The topological polar surface area (TPSA) is 26.0 Å². The van der Waals surface area contributed by atoms with E-state index in [1.165, 1.54) is 6.42 Å². The predicted molar refractivity (Wildman–Crippen MR) is 67.1 cm³/mol. The van der Waals surface area contributed by atoms with Crippen molar-refractivity contribution in [3.8, 4) is 0 Å². The standard InChI is InChI=1S/C8H11N.C3H8.C2H6/c1-7-5-3-2-4-6-8(7)9;1-3-2;1-2/h3-6H,2,9H2,1H3;3H2,1-2H3;1-2H3. The van der Waals surface area contributed by atoms with Crippen molar-refractivity contribution in [2.75, 3.05) is 0 Å². The molecule has 0 aliphatic heterocycles. The van der Waals surface area contributed by atoms with Crippen molar-refractivity contribution in [2.45, 2.75) is 47.5 Å². The van der Waals surface area contributed by atoms with E-state index in [0.717, 1.165) is 17.7 Å². The molecule has 0 aromatic heterocycles. The van der Waals surface area contributed by atoms with Crippen LogP contribution in [0, 0.1) is 0 Å². The van der Waals surface area contributed by atoms with Crippen LogP contribution in [-0.4, -0.2) is 0 Å². The van der Waals surface area contributed by atoms with E-state index < -0.39 is 0 Å². The van der Waals surface area contributed by atoms with Crippen LogP contribution in [-0.2, 0) is 0 Å². The fourth-order valence-electron chi connectivity index (χ4n) is 0.746. The monoisotopic (exact) mass is 195 g/mol. The fraction of sp³-hybridized carbons (Fsp3) is 0.538. The molecular weight excluding hydrogens is 170 g/mol. The largest absolute Gasteiger partial charge is 0.399 e. The molecule has 0 spiro atoms. The van der Waals surface area contributed by atoms with Gasteiger partial charge >= 0.3 is 0 Å². The molecule has 0 saturated carbocycles. The first-order valence-corrected chi connectivity index (χ1v) is 5.51. The smallest absolute Gasteiger partial charge is 0.0340 e. The molecule has 0 aromatic rings. The molecule has 1 aliphatic rings. The Morgan fingerprint density at radius 3 is 2.07 bits per heavy atom. The highest BCUT2D eigenvalue weighted by molar-refractivity contribution is 5.32. The molecule has 0 atom stereocenters. The van der Waals surface area contributed by atoms with Crippen molar-refractivity contribution in [2.24, 2.45) is 5.73 Å². The summed E-state index contributed by atoms with van der Waals surface area (Å²) in [5.74, 6) is 0. The van der Waals surface area contributed by atoms with E-state index in [1.54, 1.807) is 0 Å². The Balaban J connectivity index is 0. The molecule has 1 aliphatic carbocycles. The summed E-state index contributed by atoms with van der Waals surface area (Å²) in [5, 5.41) is 0. The zero-order valence-electron chi connectivity index (χ0n) is 10.3. The molecule has 1 nitrogen and oxygen atoms in total. The van der Waals surface area contributed by atoms with Gasteiger partial charge in [0, 0.05) is 5.70 Å². The molecular formula is C13H25N. The third-order valence-corrected chi connectivity index (χ3v) is 1.39. The lowest BCUT2D eigenvalue weighted by Crippen LogP contribution is -1.94. The van der Waals surface area contributed by atoms with Crippen molar-refractivity contribution >= 4 is 0 Å². The second-order valence-electron chi connectivity index (χ2n) is 2.89. The quantitative estimate of drug-likeness (QED) is 0.616. The molecule has 2 N–H and O–H groups in total. The molecule has 82 valence electrons. The summed E-state index contributed by atoms with van der Waals surface area (Å²) in [7, 11) is 0. The van der Waals surface area contributed by atoms with Gasteiger partial charge in [0.2, 0.25) is 0 Å². The van der Waals surface area contributed by atoms with Gasteiger partial charge in [-0.15, -0.1) is 0 Å². The van der Waals surface area contributed by atoms with E-state index in [0.29, 0.717) is 0 Å². The van der Waals surface area contributed by atoms with E-state index in [4.69, 9.17) is 5.73 Å².